The topological polar surface area (TPSA) is 64.3 Å². The second-order valence-electron chi connectivity index (χ2n) is 4.11. The lowest BCUT2D eigenvalue weighted by Gasteiger charge is -2.10. The summed E-state index contributed by atoms with van der Waals surface area (Å²) in [4.78, 5) is 11.4. The van der Waals surface area contributed by atoms with Crippen LogP contribution in [0.15, 0.2) is 18.2 Å². The number of anilines is 1. The second kappa shape index (κ2) is 6.67. The van der Waals surface area contributed by atoms with E-state index in [2.05, 4.69) is 17.2 Å². The van der Waals surface area contributed by atoms with Crippen molar-refractivity contribution in [1.29, 1.82) is 0 Å². The van der Waals surface area contributed by atoms with Crippen molar-refractivity contribution in [3.05, 3.63) is 29.3 Å². The molecule has 0 heterocycles. The number of ether oxygens (including phenoxy) is 1. The standard InChI is InChI=1S/C14H18N2O2/c1-10(2)18-14(17)16-13-7-6-11(3)12(9-13)5-4-8-15/h6-7,9-10H,8,15H2,1-3H3,(H,16,17). The van der Waals surface area contributed by atoms with Crippen LogP contribution in [0.25, 0.3) is 0 Å². The van der Waals surface area contributed by atoms with Crippen LogP contribution in [0.2, 0.25) is 0 Å². The molecule has 1 aromatic rings. The molecule has 0 unspecified atom stereocenters. The van der Waals surface area contributed by atoms with Crippen LogP contribution in [0.1, 0.15) is 25.0 Å². The summed E-state index contributed by atoms with van der Waals surface area (Å²) in [7, 11) is 0. The van der Waals surface area contributed by atoms with Crippen molar-refractivity contribution in [2.24, 2.45) is 5.73 Å². The normalized spacial score (nSPS) is 9.61. The Bertz CT molecular complexity index is 484. The molecular weight excluding hydrogens is 228 g/mol. The minimum Gasteiger partial charge on any atom is -0.447 e. The van der Waals surface area contributed by atoms with Crippen LogP contribution < -0.4 is 11.1 Å². The molecular formula is C14H18N2O2. The zero-order chi connectivity index (χ0) is 13.5. The molecule has 0 bridgehead atoms. The van der Waals surface area contributed by atoms with Gasteiger partial charge in [-0.2, -0.15) is 0 Å². The third-order valence-corrected chi connectivity index (χ3v) is 2.15. The van der Waals surface area contributed by atoms with Crippen LogP contribution in [0.3, 0.4) is 0 Å². The molecule has 0 radical (unpaired) electrons. The van der Waals surface area contributed by atoms with Gasteiger partial charge in [0.15, 0.2) is 0 Å². The Kier molecular flexibility index (Phi) is 5.22. The van der Waals surface area contributed by atoms with Gasteiger partial charge < -0.3 is 10.5 Å². The van der Waals surface area contributed by atoms with E-state index in [4.69, 9.17) is 10.5 Å². The zero-order valence-corrected chi connectivity index (χ0v) is 10.9. The molecule has 0 aliphatic carbocycles. The maximum Gasteiger partial charge on any atom is 0.411 e. The van der Waals surface area contributed by atoms with Crippen molar-refractivity contribution in [1.82, 2.24) is 0 Å². The molecule has 3 N–H and O–H groups in total. The number of nitrogens with two attached hydrogens (primary N) is 1. The summed E-state index contributed by atoms with van der Waals surface area (Å²) in [5.41, 5.74) is 7.89. The van der Waals surface area contributed by atoms with Gasteiger partial charge in [-0.05, 0) is 38.5 Å². The minimum atomic E-state index is -0.466. The van der Waals surface area contributed by atoms with E-state index < -0.39 is 6.09 Å². The van der Waals surface area contributed by atoms with Gasteiger partial charge >= 0.3 is 6.09 Å². The number of carbonyl (C=O) groups excluding carboxylic acids is 1. The summed E-state index contributed by atoms with van der Waals surface area (Å²) >= 11 is 0. The van der Waals surface area contributed by atoms with E-state index in [0.29, 0.717) is 12.2 Å². The Morgan fingerprint density at radius 2 is 2.22 bits per heavy atom. The third kappa shape index (κ3) is 4.48. The van der Waals surface area contributed by atoms with Gasteiger partial charge in [-0.15, -0.1) is 0 Å². The quantitative estimate of drug-likeness (QED) is 0.787. The van der Waals surface area contributed by atoms with Gasteiger partial charge in [0.2, 0.25) is 0 Å². The Balaban J connectivity index is 2.82. The van der Waals surface area contributed by atoms with Gasteiger partial charge in [0.25, 0.3) is 0 Å². The van der Waals surface area contributed by atoms with E-state index in [1.807, 2.05) is 19.1 Å². The highest BCUT2D eigenvalue weighted by Gasteiger charge is 2.06. The molecule has 18 heavy (non-hydrogen) atoms. The molecule has 0 aliphatic heterocycles. The monoisotopic (exact) mass is 246 g/mol. The van der Waals surface area contributed by atoms with Crippen LogP contribution in [-0.2, 0) is 4.74 Å². The number of benzene rings is 1. The third-order valence-electron chi connectivity index (χ3n) is 2.15. The van der Waals surface area contributed by atoms with Gasteiger partial charge in [-0.1, -0.05) is 17.9 Å². The van der Waals surface area contributed by atoms with Gasteiger partial charge in [-0.3, -0.25) is 5.32 Å². The van der Waals surface area contributed by atoms with Crippen molar-refractivity contribution < 1.29 is 9.53 Å². The van der Waals surface area contributed by atoms with E-state index in [-0.39, 0.29) is 6.10 Å². The highest BCUT2D eigenvalue weighted by atomic mass is 16.6. The first-order valence-electron chi connectivity index (χ1n) is 5.80. The summed E-state index contributed by atoms with van der Waals surface area (Å²) in [6, 6.07) is 5.51. The van der Waals surface area contributed by atoms with Crippen molar-refractivity contribution in [3.63, 3.8) is 0 Å². The lowest BCUT2D eigenvalue weighted by atomic mass is 10.1. The van der Waals surface area contributed by atoms with Gasteiger partial charge in [0, 0.05) is 11.3 Å². The maximum atomic E-state index is 11.4. The fourth-order valence-electron chi connectivity index (χ4n) is 1.34. The number of rotatable bonds is 2. The molecule has 1 aromatic carbocycles. The summed E-state index contributed by atoms with van der Waals surface area (Å²) in [6.07, 6.45) is -0.612. The number of amides is 1. The Morgan fingerprint density at radius 3 is 2.83 bits per heavy atom. The Hall–Kier alpha value is -1.99. The summed E-state index contributed by atoms with van der Waals surface area (Å²) in [5.74, 6) is 5.75. The van der Waals surface area contributed by atoms with E-state index in [1.54, 1.807) is 19.9 Å². The van der Waals surface area contributed by atoms with Crippen LogP contribution >= 0.6 is 0 Å². The van der Waals surface area contributed by atoms with Gasteiger partial charge in [0.05, 0.1) is 12.6 Å². The summed E-state index contributed by atoms with van der Waals surface area (Å²) in [5, 5.41) is 2.66. The maximum absolute atomic E-state index is 11.4. The molecule has 1 amide bonds. The van der Waals surface area contributed by atoms with Crippen molar-refractivity contribution in [2.45, 2.75) is 26.9 Å². The minimum absolute atomic E-state index is 0.146. The number of hydrogen-bond donors (Lipinski definition) is 2. The molecule has 0 saturated carbocycles. The second-order valence-corrected chi connectivity index (χ2v) is 4.11. The predicted molar refractivity (Wildman–Crippen MR) is 72.4 cm³/mol. The highest BCUT2D eigenvalue weighted by Crippen LogP contribution is 2.14. The molecule has 4 heteroatoms. The lowest BCUT2D eigenvalue weighted by Crippen LogP contribution is -2.18. The SMILES string of the molecule is Cc1ccc(NC(=O)OC(C)C)cc1C#CCN. The Labute approximate surface area is 108 Å². The smallest absolute Gasteiger partial charge is 0.411 e. The van der Waals surface area contributed by atoms with Gasteiger partial charge in [0.1, 0.15) is 0 Å². The molecule has 0 saturated heterocycles. The van der Waals surface area contributed by atoms with E-state index in [9.17, 15) is 4.79 Å². The average molecular weight is 246 g/mol. The summed E-state index contributed by atoms with van der Waals surface area (Å²) < 4.78 is 5.00. The van der Waals surface area contributed by atoms with E-state index in [0.717, 1.165) is 11.1 Å². The van der Waals surface area contributed by atoms with Crippen molar-refractivity contribution >= 4 is 11.8 Å². The molecule has 1 rings (SSSR count). The number of carbonyl (C=O) groups is 1. The zero-order valence-electron chi connectivity index (χ0n) is 10.9. The molecule has 0 aliphatic rings. The molecule has 96 valence electrons. The van der Waals surface area contributed by atoms with Crippen LogP contribution in [0.4, 0.5) is 10.5 Å². The summed E-state index contributed by atoms with van der Waals surface area (Å²) in [6.45, 7) is 5.86. The fourth-order valence-corrected chi connectivity index (χ4v) is 1.34. The first-order valence-corrected chi connectivity index (χ1v) is 5.80. The van der Waals surface area contributed by atoms with Crippen molar-refractivity contribution in [2.75, 3.05) is 11.9 Å². The lowest BCUT2D eigenvalue weighted by molar-refractivity contribution is 0.130. The van der Waals surface area contributed by atoms with Crippen molar-refractivity contribution in [3.8, 4) is 11.8 Å². The predicted octanol–water partition coefficient (Wildman–Crippen LogP) is 2.26. The van der Waals surface area contributed by atoms with Gasteiger partial charge in [-0.25, -0.2) is 4.79 Å². The highest BCUT2D eigenvalue weighted by molar-refractivity contribution is 5.85. The molecule has 0 spiro atoms. The molecule has 0 atom stereocenters. The molecule has 4 nitrogen and oxygen atoms in total. The fraction of sp³-hybridized carbons (Fsp3) is 0.357. The largest absolute Gasteiger partial charge is 0.447 e. The molecule has 0 fully saturated rings. The number of hydrogen-bond acceptors (Lipinski definition) is 3. The van der Waals surface area contributed by atoms with Crippen LogP contribution in [0.5, 0.6) is 0 Å². The molecule has 0 aromatic heterocycles. The van der Waals surface area contributed by atoms with E-state index in [1.165, 1.54) is 0 Å². The van der Waals surface area contributed by atoms with Crippen LogP contribution in [0, 0.1) is 18.8 Å². The first-order chi connectivity index (χ1) is 8.52. The van der Waals surface area contributed by atoms with E-state index >= 15 is 0 Å². The van der Waals surface area contributed by atoms with Crippen LogP contribution in [-0.4, -0.2) is 18.7 Å². The first kappa shape index (κ1) is 14.1. The average Bonchev–Trinajstić information content (AvgIpc) is 2.28. The number of aryl methyl sites for hydroxylation is 1. The Morgan fingerprint density at radius 1 is 1.50 bits per heavy atom. The number of nitrogens with one attached hydrogen (secondary N) is 1.